The lowest BCUT2D eigenvalue weighted by molar-refractivity contribution is -0.151. The van der Waals surface area contributed by atoms with Crippen molar-refractivity contribution in [3.05, 3.63) is 264 Å². The van der Waals surface area contributed by atoms with Crippen LogP contribution in [0.5, 0.6) is 40.2 Å². The maximum absolute atomic E-state index is 14.3. The lowest BCUT2D eigenvalue weighted by Gasteiger charge is -2.37. The lowest BCUT2D eigenvalue weighted by Crippen LogP contribution is -2.44. The summed E-state index contributed by atoms with van der Waals surface area (Å²) in [5.74, 6) is 2.35. The minimum Gasteiger partial charge on any atom is -0.497 e. The molecule has 8 aromatic rings. The number of hydrogen-bond acceptors (Lipinski definition) is 15. The number of benzene rings is 8. The molecule has 8 aromatic carbocycles. The van der Waals surface area contributed by atoms with Crippen molar-refractivity contribution in [2.24, 2.45) is 33.5 Å². The molecule has 3 aliphatic carbocycles. The Morgan fingerprint density at radius 2 is 0.680 bits per heavy atom. The molecular weight excluding hydrogens is 1590 g/mol. The van der Waals surface area contributed by atoms with Crippen molar-refractivity contribution in [3.8, 4) is 40.2 Å². The molecule has 19 rings (SSSR count). The zero-order chi connectivity index (χ0) is 87.6. The van der Waals surface area contributed by atoms with Crippen molar-refractivity contribution in [2.75, 3.05) is 99.9 Å². The van der Waals surface area contributed by atoms with Gasteiger partial charge < -0.3 is 73.2 Å². The summed E-state index contributed by atoms with van der Waals surface area (Å²) in [7, 11) is 4.97. The summed E-state index contributed by atoms with van der Waals surface area (Å²) in [6.45, 7) is 18.8. The Labute approximate surface area is 729 Å². The number of carboxylic acid groups (broad SMARTS) is 4. The van der Waals surface area contributed by atoms with Crippen LogP contribution < -0.4 is 33.2 Å². The monoisotopic (exact) mass is 1700 g/mol. The van der Waals surface area contributed by atoms with Gasteiger partial charge in [-0.05, 0) is 243 Å². The van der Waals surface area contributed by atoms with Crippen LogP contribution in [0.4, 0.5) is 13.2 Å². The number of piperidine rings is 4. The topological polar surface area (TPSA) is 227 Å². The molecular formula is C103H113F3N4O15. The van der Waals surface area contributed by atoms with Gasteiger partial charge in [0.25, 0.3) is 0 Å². The van der Waals surface area contributed by atoms with E-state index in [1.165, 1.54) is 51.6 Å². The van der Waals surface area contributed by atoms with Gasteiger partial charge in [-0.25, -0.2) is 13.2 Å². The highest BCUT2D eigenvalue weighted by atomic mass is 19.1. The minimum absolute atomic E-state index is 0.200. The number of ether oxygens (including phenoxy) is 7. The molecule has 22 heteroatoms. The zero-order valence-electron chi connectivity index (χ0n) is 72.6. The number of fused-ring (bicyclic) bond motifs is 8. The van der Waals surface area contributed by atoms with Crippen molar-refractivity contribution in [1.82, 2.24) is 19.6 Å². The average molecular weight is 1700 g/mol. The van der Waals surface area contributed by atoms with Gasteiger partial charge in [0.15, 0.2) is 0 Å². The first-order valence-electron chi connectivity index (χ1n) is 44.2. The third-order valence-electron chi connectivity index (χ3n) is 28.8. The first-order chi connectivity index (χ1) is 60.4. The molecule has 0 aromatic heterocycles. The number of methoxy groups -OCH3 is 3. The van der Waals surface area contributed by atoms with Crippen molar-refractivity contribution in [2.45, 2.75) is 144 Å². The number of nitrogens with zero attached hydrogens (tertiary/aromatic N) is 4. The summed E-state index contributed by atoms with van der Waals surface area (Å²) < 4.78 is 83.0. The predicted octanol–water partition coefficient (Wildman–Crippen LogP) is 19.3. The van der Waals surface area contributed by atoms with Gasteiger partial charge in [-0.3, -0.25) is 19.2 Å². The molecule has 4 saturated heterocycles. The predicted molar refractivity (Wildman–Crippen MR) is 473 cm³/mol. The van der Waals surface area contributed by atoms with Gasteiger partial charge in [-0.2, -0.15) is 0 Å². The Morgan fingerprint density at radius 1 is 0.376 bits per heavy atom. The Kier molecular flexibility index (Phi) is 25.7. The normalized spacial score (nSPS) is 20.9. The van der Waals surface area contributed by atoms with Gasteiger partial charge in [0.2, 0.25) is 0 Å². The number of halogens is 3. The van der Waals surface area contributed by atoms with Crippen LogP contribution in [0.25, 0.3) is 22.3 Å². The van der Waals surface area contributed by atoms with Crippen molar-refractivity contribution >= 4 is 46.2 Å². The molecule has 656 valence electrons. The standard InChI is InChI=1S/C27H30FNO4.C27H32FNO4.C25H27NO4.C24H24FNO3/c1-16-17(2)27(16,26(30)31)15-29-10-8-18(9-11-29)25-22-6-5-21(32-3)12-19(22)14-33-24-7-4-20(28)13-23(24)25;1-4-27(5-2,26(30)31)17-29-12-10-18(11-13-29)25-22-8-7-21(32-3)14-19(22)16-33-24-9-6-20(28)15-23(24)25;1-29-19-6-7-20-18(14-19)15-30-22-5-3-2-4-21(22)23(20)17-8-12-26(13-9-17)16-25(10-11-25)24(27)28;25-18-5-6-19-17(13-18)14-29-21-4-2-1-3-20(21)22(19)16-7-11-26(12-8-16)15-24(9-10-24)23(27)28/h4-7,12-13,16-17H,8-11,14-15H2,1-3H3,(H,30,31);6-9,14-15H,4-5,10-13,16-17H2,1-3H3,(H,30,31);2-7,14H,8-13,15-16H2,1H3,(H,27,28);1-6,13H,7-12,14-15H2,(H,27,28). The van der Waals surface area contributed by atoms with Crippen molar-refractivity contribution < 1.29 is 85.9 Å². The molecule has 2 atom stereocenters. The van der Waals surface area contributed by atoms with Crippen LogP contribution in [0.1, 0.15) is 184 Å². The maximum Gasteiger partial charge on any atom is 0.311 e. The molecule has 8 heterocycles. The van der Waals surface area contributed by atoms with E-state index in [0.29, 0.717) is 76.9 Å². The Morgan fingerprint density at radius 3 is 1.00 bits per heavy atom. The van der Waals surface area contributed by atoms with E-state index in [1.54, 1.807) is 51.7 Å². The van der Waals surface area contributed by atoms with Gasteiger partial charge in [-0.1, -0.05) is 111 Å². The molecule has 0 amide bonds. The van der Waals surface area contributed by atoms with E-state index in [0.717, 1.165) is 236 Å². The lowest BCUT2D eigenvalue weighted by atomic mass is 9.81. The average Bonchev–Trinajstić information content (AvgIpc) is 1.55. The van der Waals surface area contributed by atoms with E-state index in [2.05, 4.69) is 49.9 Å². The highest BCUT2D eigenvalue weighted by molar-refractivity contribution is 5.91. The fraction of sp³-hybridized carbons (Fsp3) is 0.417. The largest absolute Gasteiger partial charge is 0.497 e. The highest BCUT2D eigenvalue weighted by Crippen LogP contribution is 2.60. The van der Waals surface area contributed by atoms with E-state index < -0.39 is 45.5 Å². The van der Waals surface area contributed by atoms with Gasteiger partial charge in [0, 0.05) is 123 Å². The molecule has 125 heavy (non-hydrogen) atoms. The van der Waals surface area contributed by atoms with E-state index in [4.69, 9.17) is 33.2 Å². The van der Waals surface area contributed by atoms with Crippen LogP contribution in [0.2, 0.25) is 0 Å². The van der Waals surface area contributed by atoms with Gasteiger partial charge in [0.05, 0.1) is 43.0 Å². The molecule has 2 unspecified atom stereocenters. The molecule has 0 bridgehead atoms. The van der Waals surface area contributed by atoms with Crippen LogP contribution in [0, 0.1) is 50.9 Å². The third kappa shape index (κ3) is 18.1. The van der Waals surface area contributed by atoms with Crippen LogP contribution in [-0.2, 0) is 45.6 Å². The first kappa shape index (κ1) is 87.3. The van der Waals surface area contributed by atoms with Gasteiger partial charge in [0.1, 0.15) is 84.1 Å². The third-order valence-corrected chi connectivity index (χ3v) is 28.8. The molecule has 0 radical (unpaired) electrons. The zero-order valence-corrected chi connectivity index (χ0v) is 72.6. The summed E-state index contributed by atoms with van der Waals surface area (Å²) in [6.07, 6.45) is 11.3. The fourth-order valence-electron chi connectivity index (χ4n) is 20.3. The van der Waals surface area contributed by atoms with E-state index in [9.17, 15) is 52.8 Å². The molecule has 11 aliphatic rings. The van der Waals surface area contributed by atoms with Crippen LogP contribution in [0.15, 0.2) is 180 Å². The number of likely N-dealkylation sites (tertiary alicyclic amines) is 4. The number of carbonyl (C=O) groups is 4. The first-order valence-corrected chi connectivity index (χ1v) is 44.2. The number of para-hydroxylation sites is 2. The summed E-state index contributed by atoms with van der Waals surface area (Å²) in [5, 5.41) is 38.7. The van der Waals surface area contributed by atoms with Gasteiger partial charge >= 0.3 is 23.9 Å². The number of hydrogen-bond donors (Lipinski definition) is 4. The fourth-order valence-corrected chi connectivity index (χ4v) is 20.3. The number of rotatable bonds is 17. The van der Waals surface area contributed by atoms with E-state index in [1.807, 2.05) is 107 Å². The molecule has 19 nitrogen and oxygen atoms in total. The minimum atomic E-state index is -0.718. The SMILES string of the molecule is CCC(CC)(CN1CCC(=C2c3ccc(OC)cc3COc3ccc(F)cc32)CC1)C(=O)O.COc1ccc2c(c1)COc1ccc(F)cc1C2=C1CCN(CC2(C(=O)O)C(C)C2C)CC1.COc1ccc2c(c1)COc1ccccc1C2=C1CCN(CC2(C(=O)O)CC2)CC1.O=C(O)C1(CN2CCC(=C3c4ccc(F)cc4COc4ccccc43)CC2)CC1. The summed E-state index contributed by atoms with van der Waals surface area (Å²) in [6, 6.07) is 48.8. The quantitative estimate of drug-likeness (QED) is 0.0664. The second kappa shape index (κ2) is 36.8. The Balaban J connectivity index is 0.000000123. The number of aliphatic carboxylic acids is 4. The second-order valence-electron chi connectivity index (χ2n) is 35.7. The van der Waals surface area contributed by atoms with E-state index >= 15 is 0 Å². The molecule has 0 spiro atoms. The second-order valence-corrected chi connectivity index (χ2v) is 35.7. The summed E-state index contributed by atoms with van der Waals surface area (Å²) in [4.78, 5) is 56.2. The van der Waals surface area contributed by atoms with Crippen molar-refractivity contribution in [1.29, 1.82) is 0 Å². The number of carboxylic acids is 4. The van der Waals surface area contributed by atoms with Crippen LogP contribution in [-0.4, -0.2) is 164 Å². The summed E-state index contributed by atoms with van der Waals surface area (Å²) in [5.41, 5.74) is 19.6. The van der Waals surface area contributed by atoms with Crippen molar-refractivity contribution in [3.63, 3.8) is 0 Å². The Bertz CT molecular complexity index is 5400. The summed E-state index contributed by atoms with van der Waals surface area (Å²) >= 11 is 0. The van der Waals surface area contributed by atoms with Crippen LogP contribution >= 0.6 is 0 Å². The molecule has 7 fully saturated rings. The highest BCUT2D eigenvalue weighted by Gasteiger charge is 2.65. The van der Waals surface area contributed by atoms with Crippen LogP contribution in [0.3, 0.4) is 0 Å². The van der Waals surface area contributed by atoms with Gasteiger partial charge in [-0.15, -0.1) is 0 Å². The molecule has 4 N–H and O–H groups in total. The molecule has 3 saturated carbocycles. The smallest absolute Gasteiger partial charge is 0.311 e. The molecule has 8 aliphatic heterocycles. The Hall–Kier alpha value is -11.2. The van der Waals surface area contributed by atoms with E-state index in [-0.39, 0.29) is 29.3 Å². The maximum atomic E-state index is 14.3.